The van der Waals surface area contributed by atoms with Gasteiger partial charge >= 0.3 is 0 Å². The van der Waals surface area contributed by atoms with Crippen LogP contribution in [0.4, 0.5) is 5.00 Å². The number of nitrogens with one attached hydrogen (secondary N) is 1. The van der Waals surface area contributed by atoms with Crippen molar-refractivity contribution < 1.29 is 14.3 Å². The van der Waals surface area contributed by atoms with Gasteiger partial charge < -0.3 is 15.8 Å². The van der Waals surface area contributed by atoms with Crippen LogP contribution in [0.25, 0.3) is 0 Å². The molecule has 1 aromatic carbocycles. The number of rotatable bonds is 5. The van der Waals surface area contributed by atoms with Crippen molar-refractivity contribution >= 4 is 44.1 Å². The number of carbonyl (C=O) groups is 2. The molecule has 5 nitrogen and oxygen atoms in total. The van der Waals surface area contributed by atoms with E-state index in [2.05, 4.69) is 42.0 Å². The van der Waals surface area contributed by atoms with E-state index < -0.39 is 5.91 Å². The van der Waals surface area contributed by atoms with Crippen LogP contribution in [0.2, 0.25) is 0 Å². The van der Waals surface area contributed by atoms with E-state index in [1.807, 2.05) is 18.2 Å². The summed E-state index contributed by atoms with van der Waals surface area (Å²) in [5, 5.41) is 3.35. The molecule has 0 saturated carbocycles. The van der Waals surface area contributed by atoms with Crippen molar-refractivity contribution in [1.29, 1.82) is 0 Å². The Bertz CT molecular complexity index is 915. The zero-order valence-electron chi connectivity index (χ0n) is 16.4. The summed E-state index contributed by atoms with van der Waals surface area (Å²) in [5.74, 6) is -0.201. The monoisotopic (exact) mass is 464 g/mol. The van der Waals surface area contributed by atoms with Crippen LogP contribution >= 0.6 is 27.3 Å². The summed E-state index contributed by atoms with van der Waals surface area (Å²) in [6, 6.07) is 5.86. The number of nitrogens with two attached hydrogens (primary N) is 1. The highest BCUT2D eigenvalue weighted by Crippen LogP contribution is 2.38. The summed E-state index contributed by atoms with van der Waals surface area (Å²) in [6.45, 7) is 6.27. The predicted octanol–water partition coefficient (Wildman–Crippen LogP) is 4.80. The molecule has 1 heterocycles. The van der Waals surface area contributed by atoms with E-state index in [4.69, 9.17) is 10.5 Å². The van der Waals surface area contributed by atoms with Crippen LogP contribution in [-0.4, -0.2) is 18.4 Å². The van der Waals surface area contributed by atoms with Crippen molar-refractivity contribution in [2.24, 2.45) is 5.73 Å². The van der Waals surface area contributed by atoms with Gasteiger partial charge in [-0.2, -0.15) is 0 Å². The molecule has 2 aromatic rings. The van der Waals surface area contributed by atoms with Gasteiger partial charge in [-0.1, -0.05) is 26.8 Å². The highest BCUT2D eigenvalue weighted by molar-refractivity contribution is 9.10. The van der Waals surface area contributed by atoms with Gasteiger partial charge in [0.1, 0.15) is 10.8 Å². The Kier molecular flexibility index (Phi) is 6.15. The number of anilines is 1. The summed E-state index contributed by atoms with van der Waals surface area (Å²) in [6.07, 6.45) is 3.91. The van der Waals surface area contributed by atoms with E-state index in [1.54, 1.807) is 0 Å². The van der Waals surface area contributed by atoms with Crippen LogP contribution in [0.5, 0.6) is 5.75 Å². The Morgan fingerprint density at radius 1 is 1.25 bits per heavy atom. The zero-order chi connectivity index (χ0) is 20.5. The molecule has 0 saturated heterocycles. The zero-order valence-corrected chi connectivity index (χ0v) is 18.8. The molecule has 1 aliphatic rings. The number of hydrogen-bond acceptors (Lipinski definition) is 4. The topological polar surface area (TPSA) is 81.4 Å². The fourth-order valence-corrected chi connectivity index (χ4v) is 5.11. The van der Waals surface area contributed by atoms with Crippen molar-refractivity contribution in [2.75, 3.05) is 11.9 Å². The van der Waals surface area contributed by atoms with Gasteiger partial charge in [-0.3, -0.25) is 9.59 Å². The molecular formula is C21H25BrN2O3S. The maximum absolute atomic E-state index is 12.4. The van der Waals surface area contributed by atoms with Gasteiger partial charge in [-0.15, -0.1) is 11.3 Å². The second kappa shape index (κ2) is 8.25. The molecule has 0 radical (unpaired) electrons. The first-order chi connectivity index (χ1) is 13.2. The van der Waals surface area contributed by atoms with E-state index in [-0.39, 0.29) is 17.9 Å². The van der Waals surface area contributed by atoms with Crippen LogP contribution in [0.15, 0.2) is 22.7 Å². The molecular weight excluding hydrogens is 440 g/mol. The molecule has 0 unspecified atom stereocenters. The number of primary amides is 1. The first-order valence-corrected chi connectivity index (χ1v) is 10.9. The van der Waals surface area contributed by atoms with Gasteiger partial charge in [0.2, 0.25) is 0 Å². The van der Waals surface area contributed by atoms with Crippen LogP contribution in [0.3, 0.4) is 0 Å². The number of fused-ring (bicyclic) bond motifs is 1. The van der Waals surface area contributed by atoms with E-state index in [1.165, 1.54) is 16.9 Å². The lowest BCUT2D eigenvalue weighted by Gasteiger charge is -2.20. The third-order valence-corrected chi connectivity index (χ3v) is 6.65. The molecule has 0 aliphatic heterocycles. The van der Waals surface area contributed by atoms with Crippen molar-refractivity contribution in [3.8, 4) is 5.75 Å². The second-order valence-corrected chi connectivity index (χ2v) is 9.97. The van der Waals surface area contributed by atoms with Crippen molar-refractivity contribution in [3.63, 3.8) is 0 Å². The third-order valence-electron chi connectivity index (χ3n) is 4.83. The van der Waals surface area contributed by atoms with Crippen LogP contribution in [-0.2, 0) is 23.1 Å². The molecule has 0 bridgehead atoms. The highest BCUT2D eigenvalue weighted by Gasteiger charge is 2.25. The normalized spacial score (nSPS) is 13.7. The maximum Gasteiger partial charge on any atom is 0.262 e. The minimum atomic E-state index is -0.490. The summed E-state index contributed by atoms with van der Waals surface area (Å²) in [7, 11) is 0. The fraction of sp³-hybridized carbons (Fsp3) is 0.429. The van der Waals surface area contributed by atoms with E-state index >= 15 is 0 Å². The lowest BCUT2D eigenvalue weighted by Crippen LogP contribution is -2.22. The molecule has 1 aliphatic carbocycles. The number of aryl methyl sites for hydroxylation is 1. The SMILES string of the molecule is CC(C)(C)c1ccc(OCC(=O)Nc2sc3c(c2C(N)=O)CCCC3)c(Br)c1. The Balaban J connectivity index is 1.69. The first kappa shape index (κ1) is 20.9. The molecule has 28 heavy (non-hydrogen) atoms. The standard InChI is InChI=1S/C21H25BrN2O3S/c1-21(2,3)12-8-9-15(14(22)10-12)27-11-17(25)24-20-18(19(23)26)13-6-4-5-7-16(13)28-20/h8-10H,4-7,11H2,1-3H3,(H2,23,26)(H,24,25). The largest absolute Gasteiger partial charge is 0.483 e. The summed E-state index contributed by atoms with van der Waals surface area (Å²) < 4.78 is 6.47. The summed E-state index contributed by atoms with van der Waals surface area (Å²) >= 11 is 4.96. The van der Waals surface area contributed by atoms with Crippen LogP contribution in [0, 0.1) is 0 Å². The van der Waals surface area contributed by atoms with Crippen LogP contribution < -0.4 is 15.8 Å². The van der Waals surface area contributed by atoms with Crippen molar-refractivity contribution in [2.45, 2.75) is 51.9 Å². The second-order valence-electron chi connectivity index (χ2n) is 8.01. The molecule has 0 fully saturated rings. The molecule has 3 N–H and O–H groups in total. The predicted molar refractivity (Wildman–Crippen MR) is 116 cm³/mol. The van der Waals surface area contributed by atoms with Crippen molar-refractivity contribution in [3.05, 3.63) is 44.2 Å². The van der Waals surface area contributed by atoms with E-state index in [9.17, 15) is 9.59 Å². The smallest absolute Gasteiger partial charge is 0.262 e. The van der Waals surface area contributed by atoms with Gasteiger partial charge in [0, 0.05) is 4.88 Å². The molecule has 7 heteroatoms. The summed E-state index contributed by atoms with van der Waals surface area (Å²) in [4.78, 5) is 25.5. The first-order valence-electron chi connectivity index (χ1n) is 9.34. The Morgan fingerprint density at radius 3 is 2.61 bits per heavy atom. The molecule has 2 amide bonds. The van der Waals surface area contributed by atoms with E-state index in [0.29, 0.717) is 16.3 Å². The Hall–Kier alpha value is -1.86. The van der Waals surface area contributed by atoms with E-state index in [0.717, 1.165) is 40.6 Å². The quantitative estimate of drug-likeness (QED) is 0.666. The minimum Gasteiger partial charge on any atom is -0.483 e. The minimum absolute atomic E-state index is 0.0296. The van der Waals surface area contributed by atoms with Gasteiger partial charge in [0.15, 0.2) is 6.61 Å². The number of hydrogen-bond donors (Lipinski definition) is 2. The number of ether oxygens (including phenoxy) is 1. The van der Waals surface area contributed by atoms with Gasteiger partial charge in [0.25, 0.3) is 11.8 Å². The molecule has 1 aromatic heterocycles. The number of amides is 2. The number of halogens is 1. The third kappa shape index (κ3) is 4.58. The van der Waals surface area contributed by atoms with Gasteiger partial charge in [-0.05, 0) is 70.3 Å². The molecule has 3 rings (SSSR count). The fourth-order valence-electron chi connectivity index (χ4n) is 3.31. The van der Waals surface area contributed by atoms with Gasteiger partial charge in [0.05, 0.1) is 10.0 Å². The van der Waals surface area contributed by atoms with Crippen LogP contribution in [0.1, 0.15) is 60.0 Å². The van der Waals surface area contributed by atoms with Gasteiger partial charge in [-0.25, -0.2) is 0 Å². The maximum atomic E-state index is 12.4. The average Bonchev–Trinajstić information content (AvgIpc) is 2.97. The molecule has 150 valence electrons. The number of carbonyl (C=O) groups excluding carboxylic acids is 2. The average molecular weight is 465 g/mol. The Morgan fingerprint density at radius 2 is 1.96 bits per heavy atom. The Labute approximate surface area is 177 Å². The molecule has 0 atom stereocenters. The number of thiophene rings is 1. The van der Waals surface area contributed by atoms with Crippen molar-refractivity contribution in [1.82, 2.24) is 0 Å². The number of benzene rings is 1. The lowest BCUT2D eigenvalue weighted by atomic mass is 9.87. The highest BCUT2D eigenvalue weighted by atomic mass is 79.9. The summed E-state index contributed by atoms with van der Waals surface area (Å²) in [5.41, 5.74) is 8.24. The molecule has 0 spiro atoms. The lowest BCUT2D eigenvalue weighted by molar-refractivity contribution is -0.118.